The normalized spacial score (nSPS) is 17.0. The lowest BCUT2D eigenvalue weighted by Crippen LogP contribution is -2.48. The van der Waals surface area contributed by atoms with Crippen molar-refractivity contribution in [3.63, 3.8) is 0 Å². The molecule has 3 rings (SSSR count). The highest BCUT2D eigenvalue weighted by Crippen LogP contribution is 2.22. The molecule has 1 atom stereocenters. The summed E-state index contributed by atoms with van der Waals surface area (Å²) in [6.45, 7) is 5.42. The van der Waals surface area contributed by atoms with Crippen LogP contribution in [-0.2, 0) is 0 Å². The van der Waals surface area contributed by atoms with E-state index in [-0.39, 0.29) is 6.04 Å². The smallest absolute Gasteiger partial charge is 0.225 e. The first-order valence-corrected chi connectivity index (χ1v) is 7.50. The SMILES string of the molecule is Cc1ccc(C(C#N)N2CCN(c3ncccn3)CC2)cc1. The van der Waals surface area contributed by atoms with Crippen molar-refractivity contribution in [2.45, 2.75) is 13.0 Å². The quantitative estimate of drug-likeness (QED) is 0.868. The van der Waals surface area contributed by atoms with Gasteiger partial charge < -0.3 is 4.90 Å². The predicted molar refractivity (Wildman–Crippen MR) is 85.4 cm³/mol. The van der Waals surface area contributed by atoms with Crippen LogP contribution in [0.15, 0.2) is 42.7 Å². The summed E-state index contributed by atoms with van der Waals surface area (Å²) in [7, 11) is 0. The minimum Gasteiger partial charge on any atom is -0.338 e. The molecule has 0 radical (unpaired) electrons. The van der Waals surface area contributed by atoms with Gasteiger partial charge in [0.05, 0.1) is 6.07 Å². The Morgan fingerprint density at radius 2 is 1.68 bits per heavy atom. The molecule has 0 saturated carbocycles. The van der Waals surface area contributed by atoms with E-state index < -0.39 is 0 Å². The van der Waals surface area contributed by atoms with Crippen molar-refractivity contribution in [2.75, 3.05) is 31.1 Å². The zero-order valence-corrected chi connectivity index (χ0v) is 12.7. The molecule has 1 aromatic carbocycles. The molecule has 2 heterocycles. The maximum Gasteiger partial charge on any atom is 0.225 e. The summed E-state index contributed by atoms with van der Waals surface area (Å²) in [6.07, 6.45) is 3.53. The first kappa shape index (κ1) is 14.5. The minimum atomic E-state index is -0.181. The first-order chi connectivity index (χ1) is 10.8. The van der Waals surface area contributed by atoms with Gasteiger partial charge in [-0.25, -0.2) is 9.97 Å². The Kier molecular flexibility index (Phi) is 4.31. The van der Waals surface area contributed by atoms with Crippen LogP contribution in [0.1, 0.15) is 17.2 Å². The largest absolute Gasteiger partial charge is 0.338 e. The van der Waals surface area contributed by atoms with Crippen LogP contribution in [0.25, 0.3) is 0 Å². The summed E-state index contributed by atoms with van der Waals surface area (Å²) in [4.78, 5) is 13.0. The van der Waals surface area contributed by atoms with Crippen molar-refractivity contribution < 1.29 is 0 Å². The van der Waals surface area contributed by atoms with E-state index in [2.05, 4.69) is 57.0 Å². The highest BCUT2D eigenvalue weighted by atomic mass is 15.3. The van der Waals surface area contributed by atoms with Gasteiger partial charge in [-0.15, -0.1) is 0 Å². The van der Waals surface area contributed by atoms with Crippen molar-refractivity contribution in [2.24, 2.45) is 0 Å². The molecule has 2 aromatic rings. The van der Waals surface area contributed by atoms with E-state index in [0.29, 0.717) is 0 Å². The third-order valence-corrected chi connectivity index (χ3v) is 4.03. The number of hydrogen-bond donors (Lipinski definition) is 0. The minimum absolute atomic E-state index is 0.181. The Morgan fingerprint density at radius 1 is 1.05 bits per heavy atom. The Balaban J connectivity index is 1.67. The van der Waals surface area contributed by atoms with E-state index >= 15 is 0 Å². The second kappa shape index (κ2) is 6.54. The van der Waals surface area contributed by atoms with Gasteiger partial charge in [0.15, 0.2) is 0 Å². The van der Waals surface area contributed by atoms with Gasteiger partial charge in [0.25, 0.3) is 0 Å². The van der Waals surface area contributed by atoms with E-state index in [1.165, 1.54) is 5.56 Å². The summed E-state index contributed by atoms with van der Waals surface area (Å²) in [5, 5.41) is 9.55. The fourth-order valence-corrected chi connectivity index (χ4v) is 2.75. The highest BCUT2D eigenvalue weighted by molar-refractivity contribution is 5.31. The molecule has 0 bridgehead atoms. The molecule has 1 unspecified atom stereocenters. The van der Waals surface area contributed by atoms with E-state index in [1.807, 2.05) is 6.07 Å². The fraction of sp³-hybridized carbons (Fsp3) is 0.353. The van der Waals surface area contributed by atoms with E-state index in [4.69, 9.17) is 0 Å². The molecule has 1 saturated heterocycles. The molecule has 1 fully saturated rings. The molecule has 5 nitrogen and oxygen atoms in total. The average Bonchev–Trinajstić information content (AvgIpc) is 2.59. The molecule has 5 heteroatoms. The van der Waals surface area contributed by atoms with Crippen LogP contribution >= 0.6 is 0 Å². The summed E-state index contributed by atoms with van der Waals surface area (Å²) in [5.74, 6) is 0.769. The lowest BCUT2D eigenvalue weighted by Gasteiger charge is -2.36. The van der Waals surface area contributed by atoms with Gasteiger partial charge in [0.2, 0.25) is 5.95 Å². The zero-order valence-electron chi connectivity index (χ0n) is 12.7. The van der Waals surface area contributed by atoms with Crippen LogP contribution in [0.3, 0.4) is 0 Å². The molecule has 0 aliphatic carbocycles. The second-order valence-electron chi connectivity index (χ2n) is 5.51. The van der Waals surface area contributed by atoms with Gasteiger partial charge in [0.1, 0.15) is 6.04 Å². The summed E-state index contributed by atoms with van der Waals surface area (Å²) in [5.41, 5.74) is 2.28. The lowest BCUT2D eigenvalue weighted by atomic mass is 10.0. The summed E-state index contributed by atoms with van der Waals surface area (Å²) in [6, 6.07) is 12.3. The van der Waals surface area contributed by atoms with Crippen LogP contribution in [0.5, 0.6) is 0 Å². The fourth-order valence-electron chi connectivity index (χ4n) is 2.75. The molecule has 0 spiro atoms. The van der Waals surface area contributed by atoms with Crippen molar-refractivity contribution in [1.29, 1.82) is 5.26 Å². The number of benzene rings is 1. The summed E-state index contributed by atoms with van der Waals surface area (Å²) < 4.78 is 0. The van der Waals surface area contributed by atoms with Crippen LogP contribution in [-0.4, -0.2) is 41.0 Å². The number of hydrogen-bond acceptors (Lipinski definition) is 5. The van der Waals surface area contributed by atoms with E-state index in [0.717, 1.165) is 37.7 Å². The number of piperazine rings is 1. The Bertz CT molecular complexity index is 639. The first-order valence-electron chi connectivity index (χ1n) is 7.50. The van der Waals surface area contributed by atoms with Crippen LogP contribution in [0.4, 0.5) is 5.95 Å². The van der Waals surface area contributed by atoms with Crippen molar-refractivity contribution in [3.05, 3.63) is 53.9 Å². The van der Waals surface area contributed by atoms with Gasteiger partial charge in [-0.1, -0.05) is 29.8 Å². The molecule has 0 amide bonds. The summed E-state index contributed by atoms with van der Waals surface area (Å²) >= 11 is 0. The average molecular weight is 293 g/mol. The molecule has 0 N–H and O–H groups in total. The van der Waals surface area contributed by atoms with Crippen molar-refractivity contribution in [1.82, 2.24) is 14.9 Å². The Morgan fingerprint density at radius 3 is 2.27 bits per heavy atom. The van der Waals surface area contributed by atoms with Gasteiger partial charge >= 0.3 is 0 Å². The monoisotopic (exact) mass is 293 g/mol. The highest BCUT2D eigenvalue weighted by Gasteiger charge is 2.25. The Labute approximate surface area is 130 Å². The maximum absolute atomic E-state index is 9.55. The van der Waals surface area contributed by atoms with Gasteiger partial charge in [-0.3, -0.25) is 4.90 Å². The van der Waals surface area contributed by atoms with Crippen LogP contribution in [0, 0.1) is 18.3 Å². The van der Waals surface area contributed by atoms with Gasteiger partial charge in [-0.05, 0) is 18.6 Å². The third-order valence-electron chi connectivity index (χ3n) is 4.03. The third kappa shape index (κ3) is 3.07. The number of aromatic nitrogens is 2. The molecule has 22 heavy (non-hydrogen) atoms. The van der Waals surface area contributed by atoms with Gasteiger partial charge in [-0.2, -0.15) is 5.26 Å². The molecule has 1 aliphatic rings. The molecular formula is C17H19N5. The van der Waals surface area contributed by atoms with E-state index in [9.17, 15) is 5.26 Å². The zero-order chi connectivity index (χ0) is 15.4. The molecule has 1 aromatic heterocycles. The van der Waals surface area contributed by atoms with Gasteiger partial charge in [0, 0.05) is 38.6 Å². The molecular weight excluding hydrogens is 274 g/mol. The maximum atomic E-state index is 9.55. The second-order valence-corrected chi connectivity index (χ2v) is 5.51. The number of nitrogens with zero attached hydrogens (tertiary/aromatic N) is 5. The lowest BCUT2D eigenvalue weighted by molar-refractivity contribution is 0.221. The standard InChI is InChI=1S/C17H19N5/c1-14-3-5-15(6-4-14)16(13-18)21-9-11-22(12-10-21)17-19-7-2-8-20-17/h2-8,16H,9-12H2,1H3. The van der Waals surface area contributed by atoms with Crippen LogP contribution in [0.2, 0.25) is 0 Å². The number of anilines is 1. The molecule has 1 aliphatic heterocycles. The number of nitriles is 1. The topological polar surface area (TPSA) is 56.1 Å². The molecule has 112 valence electrons. The van der Waals surface area contributed by atoms with Crippen molar-refractivity contribution in [3.8, 4) is 6.07 Å². The number of aryl methyl sites for hydroxylation is 1. The van der Waals surface area contributed by atoms with Crippen molar-refractivity contribution >= 4 is 5.95 Å². The van der Waals surface area contributed by atoms with E-state index in [1.54, 1.807) is 12.4 Å². The van der Waals surface area contributed by atoms with Crippen LogP contribution < -0.4 is 4.90 Å². The predicted octanol–water partition coefficient (Wildman–Crippen LogP) is 2.17. The number of rotatable bonds is 3. The Hall–Kier alpha value is -2.45.